The van der Waals surface area contributed by atoms with Crippen molar-refractivity contribution in [1.82, 2.24) is 10.2 Å². The van der Waals surface area contributed by atoms with Crippen molar-refractivity contribution in [2.45, 2.75) is 39.5 Å². The number of aryl methyl sites for hydroxylation is 2. The molecule has 40 heavy (non-hydrogen) atoms. The highest BCUT2D eigenvalue weighted by Gasteiger charge is 2.17. The minimum atomic E-state index is 0.582. The van der Waals surface area contributed by atoms with Crippen molar-refractivity contribution in [3.8, 4) is 0 Å². The van der Waals surface area contributed by atoms with Gasteiger partial charge in [-0.3, -0.25) is 0 Å². The molecule has 0 atom stereocenters. The van der Waals surface area contributed by atoms with Gasteiger partial charge in [0.2, 0.25) is 10.1 Å². The predicted molar refractivity (Wildman–Crippen MR) is 166 cm³/mol. The quantitative estimate of drug-likeness (QED) is 0.0972. The minimum Gasteiger partial charge on any atom is -0.363 e. The summed E-state index contributed by atoms with van der Waals surface area (Å²) in [5.74, 6) is 0. The van der Waals surface area contributed by atoms with Gasteiger partial charge >= 0.3 is 0 Å². The number of hydrogen-bond acceptors (Lipinski definition) is 11. The van der Waals surface area contributed by atoms with E-state index in [-0.39, 0.29) is 0 Å². The third-order valence-electron chi connectivity index (χ3n) is 7.20. The van der Waals surface area contributed by atoms with Gasteiger partial charge in [0.15, 0.2) is 0 Å². The number of nitrogens with zero attached hydrogens (tertiary/aromatic N) is 6. The zero-order chi connectivity index (χ0) is 27.3. The van der Waals surface area contributed by atoms with Crippen LogP contribution in [0.1, 0.15) is 36.8 Å². The van der Waals surface area contributed by atoms with Gasteiger partial charge in [-0.25, -0.2) is 10.9 Å². The Morgan fingerprint density at radius 2 is 1.50 bits per heavy atom. The maximum Gasteiger partial charge on any atom is 0.253 e. The summed E-state index contributed by atoms with van der Waals surface area (Å²) in [5, 5.41) is 21.3. The van der Waals surface area contributed by atoms with Gasteiger partial charge in [0.1, 0.15) is 0 Å². The molecule has 2 aliphatic heterocycles. The molecule has 2 saturated heterocycles. The summed E-state index contributed by atoms with van der Waals surface area (Å²) in [6.45, 7) is 8.57. The number of azo groups is 1. The van der Waals surface area contributed by atoms with E-state index < -0.39 is 0 Å². The average Bonchev–Trinajstić information content (AvgIpc) is 3.78. The molecule has 2 aliphatic rings. The van der Waals surface area contributed by atoms with Crippen LogP contribution < -0.4 is 31.5 Å². The molecule has 2 aromatic heterocycles. The molecule has 0 radical (unpaired) electrons. The summed E-state index contributed by atoms with van der Waals surface area (Å²) in [6.07, 6.45) is 5.02. The number of benzene rings is 2. The van der Waals surface area contributed by atoms with Crippen LogP contribution in [0.5, 0.6) is 0 Å². The van der Waals surface area contributed by atoms with Crippen molar-refractivity contribution in [1.29, 1.82) is 0 Å². The highest BCUT2D eigenvalue weighted by molar-refractivity contribution is 7.19. The van der Waals surface area contributed by atoms with E-state index in [0.29, 0.717) is 5.13 Å². The second-order valence-corrected chi connectivity index (χ2v) is 12.2. The van der Waals surface area contributed by atoms with E-state index in [4.69, 9.17) is 0 Å². The van der Waals surface area contributed by atoms with Gasteiger partial charge in [0, 0.05) is 32.2 Å². The Morgan fingerprint density at radius 1 is 0.750 bits per heavy atom. The first-order chi connectivity index (χ1) is 19.6. The van der Waals surface area contributed by atoms with Gasteiger partial charge in [-0.2, -0.15) is 0 Å². The zero-order valence-corrected chi connectivity index (χ0v) is 24.5. The van der Waals surface area contributed by atoms with Crippen molar-refractivity contribution < 1.29 is 5.43 Å². The van der Waals surface area contributed by atoms with Gasteiger partial charge in [0.25, 0.3) is 5.13 Å². The Labute approximate surface area is 242 Å². The van der Waals surface area contributed by atoms with E-state index in [1.54, 1.807) is 0 Å². The lowest BCUT2D eigenvalue weighted by Gasteiger charge is -2.14. The molecule has 5 N–H and O–H groups in total. The number of nitrogens with two attached hydrogens (primary N) is 1. The monoisotopic (exact) mass is 575 g/mol. The van der Waals surface area contributed by atoms with Gasteiger partial charge in [-0.05, 0) is 93.1 Å². The van der Waals surface area contributed by atoms with E-state index in [1.807, 2.05) is 30.4 Å². The van der Waals surface area contributed by atoms with E-state index in [2.05, 4.69) is 95.3 Å². The van der Waals surface area contributed by atoms with E-state index in [1.165, 1.54) is 60.1 Å². The van der Waals surface area contributed by atoms with Gasteiger partial charge in [-0.1, -0.05) is 22.7 Å². The Kier molecular flexibility index (Phi) is 8.07. The Hall–Kier alpha value is -3.74. The molecule has 10 nitrogen and oxygen atoms in total. The molecule has 4 aromatic rings. The van der Waals surface area contributed by atoms with Crippen LogP contribution in [0.3, 0.4) is 0 Å². The Bertz CT molecular complexity index is 1470. The van der Waals surface area contributed by atoms with Gasteiger partial charge in [-0.15, -0.1) is 20.4 Å². The number of rotatable bonds is 10. The van der Waals surface area contributed by atoms with Crippen LogP contribution in [0.25, 0.3) is 0 Å². The molecule has 6 rings (SSSR count). The molecule has 208 valence electrons. The van der Waals surface area contributed by atoms with Crippen molar-refractivity contribution >= 4 is 65.7 Å². The number of nitrogen functional groups attached to an aromatic ring is 1. The van der Waals surface area contributed by atoms with Crippen LogP contribution in [0.2, 0.25) is 0 Å². The van der Waals surface area contributed by atoms with Crippen molar-refractivity contribution in [2.24, 2.45) is 10.2 Å². The zero-order valence-electron chi connectivity index (χ0n) is 22.9. The molecule has 4 heterocycles. The van der Waals surface area contributed by atoms with E-state index in [9.17, 15) is 0 Å². The molecule has 0 unspecified atom stereocenters. The first-order valence-corrected chi connectivity index (χ1v) is 15.4. The lowest BCUT2D eigenvalue weighted by molar-refractivity contribution is -0.534. The molecule has 0 amide bonds. The molecule has 0 aliphatic carbocycles. The van der Waals surface area contributed by atoms with Crippen molar-refractivity contribution in [3.63, 3.8) is 0 Å². The summed E-state index contributed by atoms with van der Waals surface area (Å²) in [6, 6.07) is 16.7. The summed E-state index contributed by atoms with van der Waals surface area (Å²) >= 11 is 3.32. The summed E-state index contributed by atoms with van der Waals surface area (Å²) in [4.78, 5) is 4.73. The van der Waals surface area contributed by atoms with Crippen LogP contribution in [-0.2, 0) is 0 Å². The third kappa shape index (κ3) is 6.35. The second kappa shape index (κ2) is 12.2. The Balaban J connectivity index is 1.01. The molecular formula is C28H35N10S2+. The first kappa shape index (κ1) is 26.5. The predicted octanol–water partition coefficient (Wildman–Crippen LogP) is 6.49. The van der Waals surface area contributed by atoms with E-state index >= 15 is 0 Å². The molecule has 12 heteroatoms. The van der Waals surface area contributed by atoms with Crippen LogP contribution in [0.4, 0.5) is 43.0 Å². The molecule has 0 bridgehead atoms. The third-order valence-corrected chi connectivity index (χ3v) is 9.16. The number of quaternary nitrogens is 1. The van der Waals surface area contributed by atoms with Crippen molar-refractivity contribution in [3.05, 3.63) is 59.7 Å². The lowest BCUT2D eigenvalue weighted by Crippen LogP contribution is -2.82. The maximum absolute atomic E-state index is 4.41. The highest BCUT2D eigenvalue weighted by atomic mass is 32.1. The molecule has 2 aromatic carbocycles. The normalized spacial score (nSPS) is 15.3. The first-order valence-electron chi connectivity index (χ1n) is 13.8. The van der Waals surface area contributed by atoms with Gasteiger partial charge < -0.3 is 20.7 Å². The number of nitrogens with one attached hydrogen (secondary N) is 3. The number of thiophene rings is 1. The fourth-order valence-corrected chi connectivity index (χ4v) is 6.60. The van der Waals surface area contributed by atoms with Crippen LogP contribution in [0.15, 0.2) is 58.8 Å². The topological polar surface area (TPSA) is 110 Å². The standard InChI is InChI=1S/C28H34N10S2/c1-19-18-22(30-33-25-11-12-26(39-25)37-13-3-4-14-37)8-9-23(19)31-29-21-7-10-24(20(2)17-21)32-34-27-35-36-28(40-27)38-15-5-6-16-38/h7-12,17-18,29-31,33H,3-6,13-16H2,1-2H3/p+1. The summed E-state index contributed by atoms with van der Waals surface area (Å²) in [5.41, 5.74) is 18.2. The summed E-state index contributed by atoms with van der Waals surface area (Å²) < 4.78 is 0. The number of anilines is 5. The van der Waals surface area contributed by atoms with Crippen LogP contribution in [0, 0.1) is 13.8 Å². The highest BCUT2D eigenvalue weighted by Crippen LogP contribution is 2.32. The van der Waals surface area contributed by atoms with Crippen LogP contribution >= 0.6 is 22.7 Å². The number of aromatic nitrogens is 2. The number of hydrazine groups is 1. The SMILES string of the molecule is Cc1cc(NNc2ccc(N[NH2+]c3ccc(N4CCCC4)s3)cc2C)ccc1N=Nc1nnc(N2CCCC2)s1. The van der Waals surface area contributed by atoms with Crippen LogP contribution in [-0.4, -0.2) is 36.4 Å². The second-order valence-electron chi connectivity index (χ2n) is 10.2. The minimum absolute atomic E-state index is 0.582. The molecule has 0 saturated carbocycles. The number of hydrogen-bond donors (Lipinski definition) is 4. The average molecular weight is 576 g/mol. The van der Waals surface area contributed by atoms with E-state index in [0.717, 1.165) is 52.1 Å². The Morgan fingerprint density at radius 3 is 2.27 bits per heavy atom. The fraction of sp³-hybridized carbons (Fsp3) is 0.357. The maximum atomic E-state index is 4.41. The summed E-state index contributed by atoms with van der Waals surface area (Å²) in [7, 11) is 0. The largest absolute Gasteiger partial charge is 0.363 e. The molecular weight excluding hydrogens is 541 g/mol. The van der Waals surface area contributed by atoms with Crippen molar-refractivity contribution in [2.75, 3.05) is 52.3 Å². The smallest absolute Gasteiger partial charge is 0.253 e. The lowest BCUT2D eigenvalue weighted by atomic mass is 10.2. The fourth-order valence-electron chi connectivity index (χ4n) is 4.94. The molecule has 0 spiro atoms. The molecule has 2 fully saturated rings. The van der Waals surface area contributed by atoms with Gasteiger partial charge in [0.05, 0.1) is 27.8 Å².